The number of carbonyl (C=O) groups excluding carboxylic acids is 1. The second-order valence-corrected chi connectivity index (χ2v) is 3.93. The molecule has 0 aromatic heterocycles. The van der Waals surface area contributed by atoms with Crippen molar-refractivity contribution in [3.05, 3.63) is 0 Å². The third kappa shape index (κ3) is 5.37. The highest BCUT2D eigenvalue weighted by atomic mass is 16.5. The molecule has 2 N–H and O–H groups in total. The van der Waals surface area contributed by atoms with E-state index in [0.29, 0.717) is 6.42 Å². The second-order valence-electron chi connectivity index (χ2n) is 3.93. The van der Waals surface area contributed by atoms with Gasteiger partial charge in [-0.1, -0.05) is 13.8 Å². The molecule has 0 aromatic rings. The molecule has 0 heterocycles. The molecule has 2 atom stereocenters. The quantitative estimate of drug-likeness (QED) is 0.638. The Hall–Kier alpha value is -1.10. The lowest BCUT2D eigenvalue weighted by atomic mass is 10.0. The maximum absolute atomic E-state index is 11.1. The molecule has 5 heteroatoms. The number of methoxy groups -OCH3 is 1. The molecule has 0 aliphatic carbocycles. The van der Waals surface area contributed by atoms with E-state index in [4.69, 9.17) is 5.11 Å². The lowest BCUT2D eigenvalue weighted by Gasteiger charge is -2.19. The van der Waals surface area contributed by atoms with Crippen LogP contribution in [0.1, 0.15) is 27.2 Å². The van der Waals surface area contributed by atoms with Crippen molar-refractivity contribution in [3.8, 4) is 0 Å². The van der Waals surface area contributed by atoms with Crippen molar-refractivity contribution in [2.24, 2.45) is 5.92 Å². The number of carboxylic acids is 1. The molecule has 0 aliphatic heterocycles. The van der Waals surface area contributed by atoms with Crippen LogP contribution < -0.4 is 5.32 Å². The molecule has 88 valence electrons. The number of carboxylic acid groups (broad SMARTS) is 1. The number of aliphatic carboxylic acids is 1. The van der Waals surface area contributed by atoms with Crippen LogP contribution in [0.2, 0.25) is 0 Å². The molecule has 0 aliphatic rings. The van der Waals surface area contributed by atoms with Crippen molar-refractivity contribution in [3.63, 3.8) is 0 Å². The summed E-state index contributed by atoms with van der Waals surface area (Å²) in [5, 5.41) is 11.6. The van der Waals surface area contributed by atoms with Gasteiger partial charge in [0.25, 0.3) is 0 Å². The standard InChI is InChI=1S/C10H19NO4/c1-6(2)5-8(9(12)13)11-7(3)10(14)15-4/h6-8,11H,5H2,1-4H3,(H,12,13). The van der Waals surface area contributed by atoms with E-state index in [9.17, 15) is 9.59 Å². The summed E-state index contributed by atoms with van der Waals surface area (Å²) < 4.78 is 4.50. The van der Waals surface area contributed by atoms with Gasteiger partial charge in [0.15, 0.2) is 0 Å². The third-order valence-electron chi connectivity index (χ3n) is 2.01. The van der Waals surface area contributed by atoms with E-state index < -0.39 is 24.0 Å². The largest absolute Gasteiger partial charge is 0.480 e. The molecule has 2 unspecified atom stereocenters. The molecule has 5 nitrogen and oxygen atoms in total. The molecule has 0 saturated carbocycles. The minimum atomic E-state index is -0.945. The number of ether oxygens (including phenoxy) is 1. The summed E-state index contributed by atoms with van der Waals surface area (Å²) in [7, 11) is 1.28. The van der Waals surface area contributed by atoms with E-state index in [1.165, 1.54) is 7.11 Å². The normalized spacial score (nSPS) is 14.7. The fourth-order valence-corrected chi connectivity index (χ4v) is 1.26. The molecule has 0 fully saturated rings. The predicted octanol–water partition coefficient (Wildman–Crippen LogP) is 0.637. The van der Waals surface area contributed by atoms with Gasteiger partial charge >= 0.3 is 11.9 Å². The van der Waals surface area contributed by atoms with Gasteiger partial charge in [0.05, 0.1) is 7.11 Å². The molecule has 0 spiro atoms. The molecule has 0 aromatic carbocycles. The van der Waals surface area contributed by atoms with Gasteiger partial charge in [0.2, 0.25) is 0 Å². The molecule has 0 amide bonds. The smallest absolute Gasteiger partial charge is 0.322 e. The fourth-order valence-electron chi connectivity index (χ4n) is 1.26. The zero-order valence-electron chi connectivity index (χ0n) is 9.61. The predicted molar refractivity (Wildman–Crippen MR) is 55.5 cm³/mol. The summed E-state index contributed by atoms with van der Waals surface area (Å²) in [5.41, 5.74) is 0. The monoisotopic (exact) mass is 217 g/mol. The van der Waals surface area contributed by atoms with Crippen molar-refractivity contribution in [1.29, 1.82) is 0 Å². The molecule has 15 heavy (non-hydrogen) atoms. The SMILES string of the molecule is COC(=O)C(C)NC(CC(C)C)C(=O)O. The highest BCUT2D eigenvalue weighted by Crippen LogP contribution is 2.06. The van der Waals surface area contributed by atoms with E-state index in [1.807, 2.05) is 13.8 Å². The van der Waals surface area contributed by atoms with Gasteiger partial charge in [0.1, 0.15) is 12.1 Å². The third-order valence-corrected chi connectivity index (χ3v) is 2.01. The molecule has 0 radical (unpaired) electrons. The highest BCUT2D eigenvalue weighted by Gasteiger charge is 2.23. The Morgan fingerprint density at radius 2 is 1.87 bits per heavy atom. The first-order valence-corrected chi connectivity index (χ1v) is 4.95. The molecule has 0 bridgehead atoms. The van der Waals surface area contributed by atoms with Crippen LogP contribution in [0.5, 0.6) is 0 Å². The fraction of sp³-hybridized carbons (Fsp3) is 0.800. The summed E-state index contributed by atoms with van der Waals surface area (Å²) >= 11 is 0. The Bertz CT molecular complexity index is 227. The first-order valence-electron chi connectivity index (χ1n) is 4.95. The van der Waals surface area contributed by atoms with Crippen LogP contribution in [0.3, 0.4) is 0 Å². The van der Waals surface area contributed by atoms with Crippen LogP contribution in [-0.2, 0) is 14.3 Å². The van der Waals surface area contributed by atoms with Crippen LogP contribution in [0.4, 0.5) is 0 Å². The van der Waals surface area contributed by atoms with Crippen molar-refractivity contribution in [2.75, 3.05) is 7.11 Å². The number of nitrogens with one attached hydrogen (secondary N) is 1. The van der Waals surface area contributed by atoms with Crippen molar-refractivity contribution in [2.45, 2.75) is 39.3 Å². The van der Waals surface area contributed by atoms with Crippen molar-refractivity contribution < 1.29 is 19.4 Å². The minimum absolute atomic E-state index is 0.253. The number of hydrogen-bond acceptors (Lipinski definition) is 4. The van der Waals surface area contributed by atoms with E-state index in [0.717, 1.165) is 0 Å². The van der Waals surface area contributed by atoms with E-state index in [1.54, 1.807) is 6.92 Å². The van der Waals surface area contributed by atoms with Crippen LogP contribution >= 0.6 is 0 Å². The Balaban J connectivity index is 4.28. The Kier molecular flexibility index (Phi) is 5.93. The van der Waals surface area contributed by atoms with Gasteiger partial charge in [-0.2, -0.15) is 0 Å². The summed E-state index contributed by atoms with van der Waals surface area (Å²) in [4.78, 5) is 21.9. The van der Waals surface area contributed by atoms with Crippen LogP contribution in [0, 0.1) is 5.92 Å². The Morgan fingerprint density at radius 3 is 2.20 bits per heavy atom. The Morgan fingerprint density at radius 1 is 1.33 bits per heavy atom. The minimum Gasteiger partial charge on any atom is -0.480 e. The van der Waals surface area contributed by atoms with E-state index in [2.05, 4.69) is 10.1 Å². The lowest BCUT2D eigenvalue weighted by Crippen LogP contribution is -2.46. The maximum Gasteiger partial charge on any atom is 0.322 e. The van der Waals surface area contributed by atoms with E-state index in [-0.39, 0.29) is 5.92 Å². The van der Waals surface area contributed by atoms with Crippen molar-refractivity contribution in [1.82, 2.24) is 5.32 Å². The van der Waals surface area contributed by atoms with Gasteiger partial charge in [-0.25, -0.2) is 0 Å². The first-order chi connectivity index (χ1) is 6.88. The topological polar surface area (TPSA) is 75.6 Å². The van der Waals surface area contributed by atoms with Gasteiger partial charge in [-0.3, -0.25) is 14.9 Å². The molecular formula is C10H19NO4. The average Bonchev–Trinajstić information content (AvgIpc) is 2.14. The lowest BCUT2D eigenvalue weighted by molar-refractivity contribution is -0.144. The molecule has 0 saturated heterocycles. The zero-order chi connectivity index (χ0) is 12.0. The van der Waals surface area contributed by atoms with Gasteiger partial charge < -0.3 is 9.84 Å². The molecule has 0 rings (SSSR count). The number of esters is 1. The number of rotatable bonds is 6. The summed E-state index contributed by atoms with van der Waals surface area (Å²) in [5.74, 6) is -1.15. The van der Waals surface area contributed by atoms with Gasteiger partial charge in [-0.05, 0) is 19.3 Å². The van der Waals surface area contributed by atoms with Crippen LogP contribution in [-0.4, -0.2) is 36.2 Å². The average molecular weight is 217 g/mol. The summed E-state index contributed by atoms with van der Waals surface area (Å²) in [6.07, 6.45) is 0.483. The zero-order valence-corrected chi connectivity index (χ0v) is 9.61. The summed E-state index contributed by atoms with van der Waals surface area (Å²) in [6.45, 7) is 5.45. The van der Waals surface area contributed by atoms with Gasteiger partial charge in [-0.15, -0.1) is 0 Å². The Labute approximate surface area is 89.8 Å². The number of carbonyl (C=O) groups is 2. The van der Waals surface area contributed by atoms with Crippen LogP contribution in [0.25, 0.3) is 0 Å². The van der Waals surface area contributed by atoms with Crippen molar-refractivity contribution >= 4 is 11.9 Å². The van der Waals surface area contributed by atoms with Gasteiger partial charge in [0, 0.05) is 0 Å². The first kappa shape index (κ1) is 13.9. The number of hydrogen-bond donors (Lipinski definition) is 2. The maximum atomic E-state index is 11.1. The summed E-state index contributed by atoms with van der Waals surface area (Å²) in [6, 6.07) is -1.31. The van der Waals surface area contributed by atoms with E-state index >= 15 is 0 Å². The second kappa shape index (κ2) is 6.40. The highest BCUT2D eigenvalue weighted by molar-refractivity contribution is 5.78. The van der Waals surface area contributed by atoms with Crippen LogP contribution in [0.15, 0.2) is 0 Å². The molecular weight excluding hydrogens is 198 g/mol.